The fraction of sp³-hybridized carbons (Fsp3) is 0.917. The molecule has 0 aromatic heterocycles. The van der Waals surface area contributed by atoms with Crippen molar-refractivity contribution >= 4 is 17.7 Å². The van der Waals surface area contributed by atoms with Crippen LogP contribution in [-0.4, -0.2) is 30.5 Å². The Morgan fingerprint density at radius 3 is 2.94 bits per heavy atom. The van der Waals surface area contributed by atoms with Crippen LogP contribution in [0.3, 0.4) is 0 Å². The van der Waals surface area contributed by atoms with Gasteiger partial charge in [-0.25, -0.2) is 0 Å². The summed E-state index contributed by atoms with van der Waals surface area (Å²) >= 11 is 1.86. The molecule has 1 aliphatic rings. The van der Waals surface area contributed by atoms with E-state index in [1.54, 1.807) is 0 Å². The average Bonchev–Trinajstić information content (AvgIpc) is 2.28. The molecule has 0 spiro atoms. The SMILES string of the molecule is CSCCCCNC(=O)[C@H]1CCC[C@H](N)C1. The van der Waals surface area contributed by atoms with E-state index in [1.807, 2.05) is 11.8 Å². The molecule has 1 amide bonds. The van der Waals surface area contributed by atoms with Crippen molar-refractivity contribution in [2.24, 2.45) is 11.7 Å². The molecule has 1 fully saturated rings. The molecule has 0 radical (unpaired) electrons. The third-order valence-electron chi connectivity index (χ3n) is 3.16. The second kappa shape index (κ2) is 7.96. The lowest BCUT2D eigenvalue weighted by molar-refractivity contribution is -0.126. The van der Waals surface area contributed by atoms with Crippen LogP contribution in [0.5, 0.6) is 0 Å². The van der Waals surface area contributed by atoms with Gasteiger partial charge in [0.25, 0.3) is 0 Å². The van der Waals surface area contributed by atoms with Crippen LogP contribution >= 0.6 is 11.8 Å². The molecule has 0 saturated heterocycles. The van der Waals surface area contributed by atoms with Gasteiger partial charge in [0.15, 0.2) is 0 Å². The molecule has 0 aliphatic heterocycles. The molecule has 0 heterocycles. The van der Waals surface area contributed by atoms with E-state index in [2.05, 4.69) is 11.6 Å². The van der Waals surface area contributed by atoms with E-state index < -0.39 is 0 Å². The fourth-order valence-corrected chi connectivity index (χ4v) is 2.69. The van der Waals surface area contributed by atoms with Gasteiger partial charge in [-0.1, -0.05) is 6.42 Å². The smallest absolute Gasteiger partial charge is 0.223 e. The zero-order valence-corrected chi connectivity index (χ0v) is 11.0. The topological polar surface area (TPSA) is 55.1 Å². The first-order chi connectivity index (χ1) is 7.74. The van der Waals surface area contributed by atoms with E-state index >= 15 is 0 Å². The lowest BCUT2D eigenvalue weighted by Gasteiger charge is -2.25. The summed E-state index contributed by atoms with van der Waals surface area (Å²) in [5, 5.41) is 3.03. The highest BCUT2D eigenvalue weighted by Gasteiger charge is 2.24. The van der Waals surface area contributed by atoms with Crippen LogP contribution in [-0.2, 0) is 4.79 Å². The van der Waals surface area contributed by atoms with E-state index in [4.69, 9.17) is 5.73 Å². The molecule has 4 heteroatoms. The number of amides is 1. The summed E-state index contributed by atoms with van der Waals surface area (Å²) < 4.78 is 0. The van der Waals surface area contributed by atoms with Gasteiger partial charge in [0.2, 0.25) is 5.91 Å². The van der Waals surface area contributed by atoms with Crippen molar-refractivity contribution < 1.29 is 4.79 Å². The number of carbonyl (C=O) groups is 1. The Kier molecular flexibility index (Phi) is 6.88. The Morgan fingerprint density at radius 2 is 2.25 bits per heavy atom. The third kappa shape index (κ3) is 5.21. The van der Waals surface area contributed by atoms with Crippen LogP contribution in [0.15, 0.2) is 0 Å². The van der Waals surface area contributed by atoms with Crippen LogP contribution in [0.4, 0.5) is 0 Å². The lowest BCUT2D eigenvalue weighted by atomic mass is 9.85. The summed E-state index contributed by atoms with van der Waals surface area (Å²) in [6, 6.07) is 0.237. The summed E-state index contributed by atoms with van der Waals surface area (Å²) in [5.74, 6) is 1.58. The molecule has 1 aliphatic carbocycles. The van der Waals surface area contributed by atoms with Gasteiger partial charge in [-0.05, 0) is 44.1 Å². The van der Waals surface area contributed by atoms with Gasteiger partial charge >= 0.3 is 0 Å². The van der Waals surface area contributed by atoms with Crippen LogP contribution < -0.4 is 11.1 Å². The quantitative estimate of drug-likeness (QED) is 0.700. The summed E-state index contributed by atoms with van der Waals surface area (Å²) in [6.07, 6.45) is 8.46. The standard InChI is InChI=1S/C12H24N2OS/c1-16-8-3-2-7-14-12(15)10-5-4-6-11(13)9-10/h10-11H,2-9,13H2,1H3,(H,14,15)/t10-,11-/m0/s1. The monoisotopic (exact) mass is 244 g/mol. The van der Waals surface area contributed by atoms with Gasteiger partial charge < -0.3 is 11.1 Å². The molecule has 0 aromatic rings. The van der Waals surface area contributed by atoms with Crippen LogP contribution in [0.1, 0.15) is 38.5 Å². The van der Waals surface area contributed by atoms with E-state index in [9.17, 15) is 4.79 Å². The van der Waals surface area contributed by atoms with Crippen molar-refractivity contribution in [3.8, 4) is 0 Å². The largest absolute Gasteiger partial charge is 0.356 e. The van der Waals surface area contributed by atoms with Gasteiger partial charge in [0, 0.05) is 18.5 Å². The first kappa shape index (κ1) is 13.8. The number of nitrogens with two attached hydrogens (primary N) is 1. The number of nitrogens with one attached hydrogen (secondary N) is 1. The molecule has 1 rings (SSSR count). The summed E-state index contributed by atoms with van der Waals surface area (Å²) in [5.41, 5.74) is 5.87. The molecule has 3 nitrogen and oxygen atoms in total. The lowest BCUT2D eigenvalue weighted by Crippen LogP contribution is -2.38. The number of hydrogen-bond donors (Lipinski definition) is 2. The predicted octanol–water partition coefficient (Wildman–Crippen LogP) is 1.76. The van der Waals surface area contributed by atoms with Crippen LogP contribution in [0.2, 0.25) is 0 Å². The van der Waals surface area contributed by atoms with Crippen molar-refractivity contribution in [3.05, 3.63) is 0 Å². The highest BCUT2D eigenvalue weighted by molar-refractivity contribution is 7.98. The van der Waals surface area contributed by atoms with Crippen molar-refractivity contribution in [2.75, 3.05) is 18.6 Å². The fourth-order valence-electron chi connectivity index (χ4n) is 2.19. The molecule has 16 heavy (non-hydrogen) atoms. The molecular weight excluding hydrogens is 220 g/mol. The number of carbonyl (C=O) groups excluding carboxylic acids is 1. The van der Waals surface area contributed by atoms with E-state index in [0.717, 1.165) is 38.6 Å². The van der Waals surface area contributed by atoms with Gasteiger partial charge in [-0.15, -0.1) is 0 Å². The highest BCUT2D eigenvalue weighted by Crippen LogP contribution is 2.22. The van der Waals surface area contributed by atoms with E-state index in [0.29, 0.717) is 0 Å². The first-order valence-corrected chi connectivity index (χ1v) is 7.65. The van der Waals surface area contributed by atoms with Gasteiger partial charge in [-0.3, -0.25) is 4.79 Å². The normalized spacial score (nSPS) is 25.4. The Hall–Kier alpha value is -0.220. The van der Waals surface area contributed by atoms with Crippen molar-refractivity contribution in [1.82, 2.24) is 5.32 Å². The van der Waals surface area contributed by atoms with Crippen LogP contribution in [0, 0.1) is 5.92 Å². The molecule has 1 saturated carbocycles. The zero-order chi connectivity index (χ0) is 11.8. The Bertz CT molecular complexity index is 211. The minimum Gasteiger partial charge on any atom is -0.356 e. The maximum atomic E-state index is 11.8. The Balaban J connectivity index is 2.09. The zero-order valence-electron chi connectivity index (χ0n) is 10.2. The number of thioether (sulfide) groups is 1. The maximum absolute atomic E-state index is 11.8. The molecule has 0 aromatic carbocycles. The number of hydrogen-bond acceptors (Lipinski definition) is 3. The second-order valence-corrected chi connectivity index (χ2v) is 5.60. The average molecular weight is 244 g/mol. The minimum atomic E-state index is 0.171. The maximum Gasteiger partial charge on any atom is 0.223 e. The molecule has 2 atom stereocenters. The Labute approximate surface area is 103 Å². The van der Waals surface area contributed by atoms with Gasteiger partial charge in [0.05, 0.1) is 0 Å². The number of unbranched alkanes of at least 4 members (excludes halogenated alkanes) is 1. The second-order valence-electron chi connectivity index (χ2n) is 4.61. The predicted molar refractivity (Wildman–Crippen MR) is 70.6 cm³/mol. The summed E-state index contributed by atoms with van der Waals surface area (Å²) in [6.45, 7) is 0.825. The molecular formula is C12H24N2OS. The van der Waals surface area contributed by atoms with Crippen LogP contribution in [0.25, 0.3) is 0 Å². The molecule has 3 N–H and O–H groups in total. The van der Waals surface area contributed by atoms with E-state index in [-0.39, 0.29) is 17.9 Å². The van der Waals surface area contributed by atoms with Crippen molar-refractivity contribution in [1.29, 1.82) is 0 Å². The van der Waals surface area contributed by atoms with E-state index in [1.165, 1.54) is 12.2 Å². The summed E-state index contributed by atoms with van der Waals surface area (Å²) in [4.78, 5) is 11.8. The molecule has 94 valence electrons. The minimum absolute atomic E-state index is 0.171. The third-order valence-corrected chi connectivity index (χ3v) is 3.86. The molecule has 0 unspecified atom stereocenters. The number of rotatable bonds is 6. The van der Waals surface area contributed by atoms with Gasteiger partial charge in [0.1, 0.15) is 0 Å². The molecule has 0 bridgehead atoms. The highest BCUT2D eigenvalue weighted by atomic mass is 32.2. The Morgan fingerprint density at radius 1 is 1.44 bits per heavy atom. The van der Waals surface area contributed by atoms with Gasteiger partial charge in [-0.2, -0.15) is 11.8 Å². The summed E-state index contributed by atoms with van der Waals surface area (Å²) in [7, 11) is 0. The van der Waals surface area contributed by atoms with Crippen molar-refractivity contribution in [2.45, 2.75) is 44.6 Å². The first-order valence-electron chi connectivity index (χ1n) is 6.26. The van der Waals surface area contributed by atoms with Crippen molar-refractivity contribution in [3.63, 3.8) is 0 Å².